The van der Waals surface area contributed by atoms with Gasteiger partial charge in [0.25, 0.3) is 17.7 Å². The molecule has 0 bridgehead atoms. The van der Waals surface area contributed by atoms with E-state index in [1.165, 1.54) is 18.2 Å². The Labute approximate surface area is 537 Å². The first-order valence-electron chi connectivity index (χ1n) is 29.6. The van der Waals surface area contributed by atoms with Crippen LogP contribution in [0, 0.1) is 66.6 Å². The first-order chi connectivity index (χ1) is 44.2. The molecule has 0 aromatic heterocycles. The zero-order chi connectivity index (χ0) is 69.9. The van der Waals surface area contributed by atoms with Crippen LogP contribution < -0.4 is 17.2 Å². The van der Waals surface area contributed by atoms with Crippen molar-refractivity contribution >= 4 is 75.8 Å². The number of phenolic OH excluding ortho intramolecular Hbond substituents is 3. The summed E-state index contributed by atoms with van der Waals surface area (Å²) in [5.41, 5.74) is 9.36. The highest BCUT2D eigenvalue weighted by molar-refractivity contribution is 6.25. The monoisotopic (exact) mass is 1290 g/mol. The lowest BCUT2D eigenvalue weighted by Gasteiger charge is -2.46. The summed E-state index contributed by atoms with van der Waals surface area (Å²) in [6.07, 6.45) is 10.2. The lowest BCUT2D eigenvalue weighted by Crippen LogP contribution is -2.58. The van der Waals surface area contributed by atoms with Gasteiger partial charge in [0.15, 0.2) is 34.2 Å². The number of ketones is 6. The molecule has 0 saturated heterocycles. The second-order valence-electron chi connectivity index (χ2n) is 24.1. The van der Waals surface area contributed by atoms with Gasteiger partial charge in [-0.25, -0.2) is 0 Å². The predicted molar refractivity (Wildman–Crippen MR) is 337 cm³/mol. The average molecular weight is 1290 g/mol. The van der Waals surface area contributed by atoms with Gasteiger partial charge in [0.2, 0.25) is 17.3 Å². The van der Waals surface area contributed by atoms with Crippen LogP contribution in [0.15, 0.2) is 106 Å². The van der Waals surface area contributed by atoms with Gasteiger partial charge in [0, 0.05) is 59.3 Å². The van der Waals surface area contributed by atoms with Crippen LogP contribution in [0.3, 0.4) is 0 Å². The summed E-state index contributed by atoms with van der Waals surface area (Å²) in [4.78, 5) is 111. The molecule has 9 aliphatic carbocycles. The zero-order valence-electron chi connectivity index (χ0n) is 51.6. The Balaban J connectivity index is 0.000000173. The third kappa shape index (κ3) is 10.8. The maximum atomic E-state index is 13.3. The molecule has 3 fully saturated rings. The summed E-state index contributed by atoms with van der Waals surface area (Å²) in [6.45, 7) is 12.2. The van der Waals surface area contributed by atoms with Crippen molar-refractivity contribution in [1.29, 1.82) is 0 Å². The topological polar surface area (TPSA) is 474 Å². The molecule has 3 saturated carbocycles. The number of phenols is 3. The highest BCUT2D eigenvalue weighted by Gasteiger charge is 2.63. The Morgan fingerprint density at radius 3 is 1.17 bits per heavy atom. The number of carbonyl (C=O) groups excluding carboxylic acids is 9. The van der Waals surface area contributed by atoms with Gasteiger partial charge in [0.1, 0.15) is 68.5 Å². The van der Waals surface area contributed by atoms with Crippen molar-refractivity contribution < 1.29 is 104 Å². The number of primary amides is 3. The van der Waals surface area contributed by atoms with Crippen LogP contribution in [0.2, 0.25) is 0 Å². The molecule has 0 aliphatic heterocycles. The summed E-state index contributed by atoms with van der Waals surface area (Å²) in [5, 5.41) is 128. The first-order valence-corrected chi connectivity index (χ1v) is 29.6. The maximum Gasteiger partial charge on any atom is 0.255 e. The molecule has 24 heteroatoms. The van der Waals surface area contributed by atoms with Gasteiger partial charge in [-0.1, -0.05) is 36.3 Å². The third-order valence-electron chi connectivity index (χ3n) is 18.7. The van der Waals surface area contributed by atoms with E-state index in [1.54, 1.807) is 38.1 Å². The number of nitrogens with two attached hydrogens (primary N) is 3. The van der Waals surface area contributed by atoms with E-state index in [1.807, 2.05) is 32.9 Å². The van der Waals surface area contributed by atoms with E-state index in [4.69, 9.17) is 17.2 Å². The normalized spacial score (nSPS) is 26.9. The van der Waals surface area contributed by atoms with E-state index in [9.17, 15) is 104 Å². The van der Waals surface area contributed by atoms with Crippen molar-refractivity contribution in [1.82, 2.24) is 0 Å². The molecular weight excluding hydrogens is 1220 g/mol. The molecule has 0 spiro atoms. The molecule has 18 N–H and O–H groups in total. The number of aliphatic hydroxyl groups is 9. The van der Waals surface area contributed by atoms with E-state index in [-0.39, 0.29) is 95.6 Å². The van der Waals surface area contributed by atoms with Gasteiger partial charge < -0.3 is 78.5 Å². The van der Waals surface area contributed by atoms with Crippen molar-refractivity contribution in [2.75, 3.05) is 0 Å². The maximum absolute atomic E-state index is 13.3. The highest BCUT2D eigenvalue weighted by Crippen LogP contribution is 2.56. The van der Waals surface area contributed by atoms with Crippen LogP contribution in [0.25, 0.3) is 23.4 Å². The molecule has 3 aromatic carbocycles. The Morgan fingerprint density at radius 1 is 0.521 bits per heavy atom. The molecular formula is C70H69N3O21. The fourth-order valence-corrected chi connectivity index (χ4v) is 14.6. The predicted octanol–water partition coefficient (Wildman–Crippen LogP) is 4.82. The second-order valence-corrected chi connectivity index (χ2v) is 24.1. The van der Waals surface area contributed by atoms with Crippen molar-refractivity contribution in [3.63, 3.8) is 0 Å². The second kappa shape index (κ2) is 25.7. The number of fused-ring (bicyclic) bond motifs is 9. The minimum absolute atomic E-state index is 0.0439. The van der Waals surface area contributed by atoms with Crippen LogP contribution in [-0.4, -0.2) is 131 Å². The molecule has 0 radical (unpaired) electrons. The number of aromatic hydroxyl groups is 3. The SMILES string of the molecule is C#CC.C/C=C\c1ccc(O)c2c1CC1CC3CC(=O)C(C(N)=O)=C(O)[C@@]3(O)C(=O)C1=C2O.C=CC.CC#Cc1ccc(O)c2c1CC1CC3CC(=O)C(C(N)=O)=C(O)[C@@]3(O)C(=O)C1=C2O.Cc1ccc(O)c2c1CC1CC3CC(=O)C(C(N)=O)=C(O)[C@@]3(O)C(=O)C1=C2O. The molecule has 3 aromatic rings. The summed E-state index contributed by atoms with van der Waals surface area (Å²) in [6, 6.07) is 9.16. The van der Waals surface area contributed by atoms with Crippen LogP contribution >= 0.6 is 0 Å². The van der Waals surface area contributed by atoms with Crippen LogP contribution in [0.5, 0.6) is 17.2 Å². The van der Waals surface area contributed by atoms with E-state index in [0.29, 0.717) is 35.1 Å². The summed E-state index contributed by atoms with van der Waals surface area (Å²) in [5.74, 6) is -10.8. The van der Waals surface area contributed by atoms with Gasteiger partial charge >= 0.3 is 0 Å². The van der Waals surface area contributed by atoms with Crippen LogP contribution in [0.4, 0.5) is 0 Å². The largest absolute Gasteiger partial charge is 0.508 e. The standard InChI is InChI=1S/C22H21NO7.C22H19NO7.C20H19NO7.C3H6.C3H4/c2*1-2-3-9-4-5-13(24)16-12(9)7-10-6-11-8-14(25)17(21(23)29)20(28)22(11,30)19(27)15(10)18(16)26;1-7-2-3-11(22)14-10(7)5-8-4-9-6-12(23)15(19(21)27)18(26)20(9,28)17(25)13(8)16(14)24;2*1-3-2/h2-5,10-11,24,26,28,30H,6-8H2,1H3,(H2,23,29);4-5,10-11,24,26,28,30H,6-8H2,1H3,(H2,23,29);2-3,8-9,22,24,26,28H,4-6H2,1H3,(H2,21,27);3H,1H2,2H3;1H,2H3/b3-2-;;;;/t2*10?,11?,22-;8?,9?,20-;;/m000../s1. The smallest absolute Gasteiger partial charge is 0.255 e. The number of aryl methyl sites for hydroxylation is 1. The minimum Gasteiger partial charge on any atom is -0.508 e. The number of aliphatic hydroxyl groups excluding tert-OH is 6. The Bertz CT molecular complexity index is 4300. The van der Waals surface area contributed by atoms with Crippen molar-refractivity contribution in [2.45, 2.75) is 109 Å². The molecule has 9 aliphatic rings. The van der Waals surface area contributed by atoms with Gasteiger partial charge in [0.05, 0.1) is 16.7 Å². The van der Waals surface area contributed by atoms with Gasteiger partial charge in [-0.05, 0) is 143 Å². The molecule has 0 heterocycles. The number of Topliss-reactive ketones (excluding diaryl/α,β-unsaturated/α-hetero) is 6. The molecule has 3 amide bonds. The average Bonchev–Trinajstić information content (AvgIpc) is 0.725. The van der Waals surface area contributed by atoms with Crippen LogP contribution in [-0.2, 0) is 62.4 Å². The minimum atomic E-state index is -2.55. The number of carbonyl (C=O) groups is 9. The number of amides is 3. The van der Waals surface area contributed by atoms with E-state index < -0.39 is 156 Å². The molecule has 94 heavy (non-hydrogen) atoms. The van der Waals surface area contributed by atoms with Crippen molar-refractivity contribution in [3.8, 4) is 41.4 Å². The lowest BCUT2D eigenvalue weighted by molar-refractivity contribution is -0.148. The van der Waals surface area contributed by atoms with Gasteiger partial charge in [-0.2, -0.15) is 0 Å². The highest BCUT2D eigenvalue weighted by atomic mass is 16.4. The Kier molecular flexibility index (Phi) is 18.9. The molecule has 6 unspecified atom stereocenters. The number of terminal acetylenes is 1. The van der Waals surface area contributed by atoms with Crippen molar-refractivity contribution in [3.05, 3.63) is 156 Å². The Morgan fingerprint density at radius 2 is 0.830 bits per heavy atom. The number of hydrogen-bond acceptors (Lipinski definition) is 21. The zero-order valence-corrected chi connectivity index (χ0v) is 51.6. The quantitative estimate of drug-likeness (QED) is 0.0946. The Hall–Kier alpha value is -10.8. The number of rotatable bonds is 4. The fourth-order valence-electron chi connectivity index (χ4n) is 14.6. The number of benzene rings is 3. The van der Waals surface area contributed by atoms with Gasteiger partial charge in [-0.3, -0.25) is 43.2 Å². The molecule has 12 rings (SSSR count). The fraction of sp³-hybridized carbons (Fsp3) is 0.329. The summed E-state index contributed by atoms with van der Waals surface area (Å²) < 4.78 is 0. The number of allylic oxidation sites excluding steroid dienone is 2. The van der Waals surface area contributed by atoms with Crippen molar-refractivity contribution in [2.24, 2.45) is 52.7 Å². The van der Waals surface area contributed by atoms with Crippen LogP contribution in [0.1, 0.15) is 116 Å². The first kappa shape index (κ1) is 69.1. The van der Waals surface area contributed by atoms with E-state index >= 15 is 0 Å². The third-order valence-corrected chi connectivity index (χ3v) is 18.7. The molecule has 24 nitrogen and oxygen atoms in total. The molecule has 490 valence electrons. The van der Waals surface area contributed by atoms with E-state index in [2.05, 4.69) is 30.8 Å². The lowest BCUT2D eigenvalue weighted by atomic mass is 9.59. The van der Waals surface area contributed by atoms with E-state index in [0.717, 1.165) is 11.1 Å². The summed E-state index contributed by atoms with van der Waals surface area (Å²) >= 11 is 0. The van der Waals surface area contributed by atoms with Gasteiger partial charge in [-0.15, -0.1) is 24.8 Å². The number of hydrogen-bond donors (Lipinski definition) is 15. The molecule has 9 atom stereocenters. The summed E-state index contributed by atoms with van der Waals surface area (Å²) in [7, 11) is 0.